The van der Waals surface area contributed by atoms with Crippen molar-refractivity contribution < 1.29 is 65.9 Å². The van der Waals surface area contributed by atoms with Crippen LogP contribution in [0.25, 0.3) is 10.4 Å². The number of halogens is 3. The normalized spacial score (nSPS) is 15.8. The predicted octanol–water partition coefficient (Wildman–Crippen LogP) is 6.19. The number of aliphatic hydroxyl groups is 1. The van der Waals surface area contributed by atoms with Gasteiger partial charge in [0.25, 0.3) is 5.91 Å². The quantitative estimate of drug-likeness (QED) is 0.0459. The molecule has 2 aromatic heterocycles. The highest BCUT2D eigenvalue weighted by molar-refractivity contribution is 7.13. The summed E-state index contributed by atoms with van der Waals surface area (Å²) in [4.78, 5) is 80.3. The number of ether oxygens (including phenoxy) is 5. The predicted molar refractivity (Wildman–Crippen MR) is 269 cm³/mol. The first-order valence-electron chi connectivity index (χ1n) is 24.1. The number of fused-ring (bicyclic) bond motifs is 1. The molecule has 3 heterocycles. The SMILES string of the molecule is COc1cc(C(=O)NCCOCCOCCOCC(=O)NC(C(=O)N2CC(O)CC2C(=O)NCc2ccc(-c3scnc3C)cc2)C(C)(C)C)ccc1Nc1ncc(C(F)(F)F)c(Oc2cccc3c2C(=O)CC3)n1. The van der Waals surface area contributed by atoms with Gasteiger partial charge in [-0.2, -0.15) is 18.2 Å². The number of likely N-dealkylation sites (tertiary alicyclic amines) is 1. The Kier molecular flexibility index (Phi) is 18.6. The van der Waals surface area contributed by atoms with E-state index in [9.17, 15) is 42.3 Å². The van der Waals surface area contributed by atoms with Crippen molar-refractivity contribution in [1.82, 2.24) is 35.8 Å². The first kappa shape index (κ1) is 55.7. The number of nitrogens with one attached hydrogen (secondary N) is 4. The average molecular weight is 1060 g/mol. The van der Waals surface area contributed by atoms with Crippen LogP contribution in [-0.2, 0) is 47.7 Å². The number of methoxy groups -OCH3 is 1. The van der Waals surface area contributed by atoms with Crippen LogP contribution in [0.1, 0.15) is 76.7 Å². The molecule has 19 nitrogen and oxygen atoms in total. The van der Waals surface area contributed by atoms with Crippen LogP contribution in [-0.4, -0.2) is 132 Å². The summed E-state index contributed by atoms with van der Waals surface area (Å²) in [6.07, 6.45) is -4.46. The van der Waals surface area contributed by atoms with Gasteiger partial charge in [-0.15, -0.1) is 11.3 Å². The van der Waals surface area contributed by atoms with Gasteiger partial charge in [-0.3, -0.25) is 24.0 Å². The maximum atomic E-state index is 14.0. The Morgan fingerprint density at radius 2 is 1.64 bits per heavy atom. The van der Waals surface area contributed by atoms with E-state index in [2.05, 4.69) is 36.2 Å². The maximum Gasteiger partial charge on any atom is 0.423 e. The molecule has 0 saturated carbocycles. The second-order valence-electron chi connectivity index (χ2n) is 18.7. The standard InChI is InChI=1S/C52H59F3N8O11S/c1-30-44(75-29-59-30)33-11-9-31(10-12-33)25-57-47(68)38-24-35(64)27-63(38)49(69)45(51(2,3)4)61-42(66)28-73-22-21-72-20-19-71-18-17-56-46(67)34-13-15-37(41(23-34)70-5)60-50-58-26-36(52(53,54)55)48(62-50)74-40-8-6-7-32-14-16-39(65)43(32)40/h6-13,15,23,26,29,35,38,45,64H,14,16-22,24-25,27-28H2,1-5H3,(H,56,67)(H,57,68)(H,61,66)(H,58,60,62). The zero-order valence-electron chi connectivity index (χ0n) is 42.0. The lowest BCUT2D eigenvalue weighted by molar-refractivity contribution is -0.144. The molecule has 3 aromatic carbocycles. The summed E-state index contributed by atoms with van der Waals surface area (Å²) in [5.41, 5.74) is 3.98. The lowest BCUT2D eigenvalue weighted by Gasteiger charge is -2.35. The topological polar surface area (TPSA) is 242 Å². The molecule has 23 heteroatoms. The molecule has 1 aliphatic carbocycles. The van der Waals surface area contributed by atoms with Gasteiger partial charge in [-0.25, -0.2) is 9.97 Å². The van der Waals surface area contributed by atoms with E-state index in [4.69, 9.17) is 23.7 Å². The highest BCUT2D eigenvalue weighted by Gasteiger charge is 2.44. The molecule has 0 bridgehead atoms. The highest BCUT2D eigenvalue weighted by atomic mass is 32.1. The van der Waals surface area contributed by atoms with Crippen LogP contribution < -0.4 is 30.7 Å². The average Bonchev–Trinajstić information content (AvgIpc) is 4.11. The minimum absolute atomic E-state index is 0.0409. The van der Waals surface area contributed by atoms with Crippen LogP contribution in [0.3, 0.4) is 0 Å². The minimum Gasteiger partial charge on any atom is -0.495 e. The summed E-state index contributed by atoms with van der Waals surface area (Å²) in [6.45, 7) is 8.00. The van der Waals surface area contributed by atoms with Gasteiger partial charge >= 0.3 is 6.18 Å². The summed E-state index contributed by atoms with van der Waals surface area (Å²) in [5.74, 6) is -3.08. The van der Waals surface area contributed by atoms with Crippen molar-refractivity contribution in [3.8, 4) is 27.8 Å². The summed E-state index contributed by atoms with van der Waals surface area (Å²) < 4.78 is 69.6. The van der Waals surface area contributed by atoms with Crippen LogP contribution in [0.5, 0.6) is 17.4 Å². The van der Waals surface area contributed by atoms with E-state index in [0.29, 0.717) is 18.2 Å². The molecule has 7 rings (SSSR count). The molecule has 400 valence electrons. The monoisotopic (exact) mass is 1060 g/mol. The number of benzene rings is 3. The molecule has 5 aromatic rings. The molecular formula is C52H59F3N8O11S. The van der Waals surface area contributed by atoms with Crippen LogP contribution in [0.15, 0.2) is 72.4 Å². The molecule has 5 N–H and O–H groups in total. The molecule has 0 spiro atoms. The number of thiazole rings is 1. The molecule has 1 fully saturated rings. The smallest absolute Gasteiger partial charge is 0.423 e. The Bertz CT molecular complexity index is 2840. The molecule has 75 heavy (non-hydrogen) atoms. The van der Waals surface area contributed by atoms with Gasteiger partial charge < -0.3 is 55.0 Å². The van der Waals surface area contributed by atoms with Crippen LogP contribution >= 0.6 is 11.3 Å². The van der Waals surface area contributed by atoms with Crippen molar-refractivity contribution in [2.45, 2.75) is 77.9 Å². The molecule has 0 radical (unpaired) electrons. The first-order chi connectivity index (χ1) is 35.8. The summed E-state index contributed by atoms with van der Waals surface area (Å²) in [6, 6.07) is 14.9. The highest BCUT2D eigenvalue weighted by Crippen LogP contribution is 2.40. The number of hydrogen-bond acceptors (Lipinski definition) is 16. The summed E-state index contributed by atoms with van der Waals surface area (Å²) in [7, 11) is 1.35. The number of carbonyl (C=O) groups is 5. The molecule has 3 unspecified atom stereocenters. The number of aryl methyl sites for hydroxylation is 2. The molecular weight excluding hydrogens is 1000 g/mol. The maximum absolute atomic E-state index is 14.0. The third-order valence-corrected chi connectivity index (χ3v) is 13.2. The number of Topliss-reactive ketones (excluding diaryl/α,β-unsaturated/α-hetero) is 1. The van der Waals surface area contributed by atoms with E-state index in [1.165, 1.54) is 36.3 Å². The van der Waals surface area contributed by atoms with Gasteiger partial charge in [0.2, 0.25) is 29.5 Å². The second kappa shape index (κ2) is 25.0. The Morgan fingerprint density at radius 3 is 2.33 bits per heavy atom. The summed E-state index contributed by atoms with van der Waals surface area (Å²) in [5, 5.41) is 21.7. The van der Waals surface area contributed by atoms with Crippen LogP contribution in [0, 0.1) is 12.3 Å². The van der Waals surface area contributed by atoms with Crippen LogP contribution in [0.2, 0.25) is 0 Å². The third kappa shape index (κ3) is 14.6. The van der Waals surface area contributed by atoms with Crippen molar-refractivity contribution in [3.05, 3.63) is 106 Å². The molecule has 2 aliphatic rings. The Labute approximate surface area is 434 Å². The largest absolute Gasteiger partial charge is 0.495 e. The van der Waals surface area contributed by atoms with E-state index in [-0.39, 0.29) is 112 Å². The van der Waals surface area contributed by atoms with Gasteiger partial charge in [0, 0.05) is 44.2 Å². The van der Waals surface area contributed by atoms with Gasteiger partial charge in [-0.05, 0) is 59.7 Å². The second-order valence-corrected chi connectivity index (χ2v) is 19.6. The van der Waals surface area contributed by atoms with Gasteiger partial charge in [-0.1, -0.05) is 57.2 Å². The summed E-state index contributed by atoms with van der Waals surface area (Å²) >= 11 is 1.55. The Morgan fingerprint density at radius 1 is 0.907 bits per heavy atom. The van der Waals surface area contributed by atoms with Gasteiger partial charge in [0.15, 0.2) is 5.78 Å². The number of hydrogen-bond donors (Lipinski definition) is 5. The zero-order valence-corrected chi connectivity index (χ0v) is 42.8. The van der Waals surface area contributed by atoms with Crippen molar-refractivity contribution in [2.75, 3.05) is 65.2 Å². The van der Waals surface area contributed by atoms with Crippen molar-refractivity contribution in [2.24, 2.45) is 5.41 Å². The van der Waals surface area contributed by atoms with Gasteiger partial charge in [0.1, 0.15) is 35.8 Å². The number of aliphatic hydroxyl groups excluding tert-OH is 1. The fourth-order valence-corrected chi connectivity index (χ4v) is 9.16. The van der Waals surface area contributed by atoms with Gasteiger partial charge in [0.05, 0.1) is 73.6 Å². The van der Waals surface area contributed by atoms with E-state index in [0.717, 1.165) is 21.7 Å². The number of ketones is 1. The third-order valence-electron chi connectivity index (χ3n) is 12.2. The fourth-order valence-electron chi connectivity index (χ4n) is 8.35. The number of aromatic nitrogens is 3. The molecule has 3 atom stereocenters. The number of amides is 4. The number of alkyl halides is 3. The van der Waals surface area contributed by atoms with Crippen molar-refractivity contribution in [1.29, 1.82) is 0 Å². The van der Waals surface area contributed by atoms with E-state index in [1.807, 2.05) is 31.2 Å². The van der Waals surface area contributed by atoms with Crippen molar-refractivity contribution in [3.63, 3.8) is 0 Å². The number of β-amino-alcohol motifs (C(OH)–C–C–N with tert-alkyl or cyclic N) is 1. The lowest BCUT2D eigenvalue weighted by Crippen LogP contribution is -2.58. The number of carbonyl (C=O) groups excluding carboxylic acids is 5. The van der Waals surface area contributed by atoms with Crippen molar-refractivity contribution >= 4 is 52.4 Å². The zero-order chi connectivity index (χ0) is 53.9. The molecule has 1 saturated heterocycles. The lowest BCUT2D eigenvalue weighted by atomic mass is 9.85. The number of anilines is 2. The van der Waals surface area contributed by atoms with E-state index in [1.54, 1.807) is 49.8 Å². The number of rotatable bonds is 23. The van der Waals surface area contributed by atoms with Crippen LogP contribution in [0.4, 0.5) is 24.8 Å². The fraction of sp³-hybridized carbons (Fsp3) is 0.423. The van der Waals surface area contributed by atoms with E-state index >= 15 is 0 Å². The minimum atomic E-state index is -4.86. The van der Waals surface area contributed by atoms with E-state index < -0.39 is 64.9 Å². The first-order valence-corrected chi connectivity index (χ1v) is 25.0. The molecule has 1 aliphatic heterocycles. The Balaban J connectivity index is 0.786. The Hall–Kier alpha value is -7.05. The number of nitrogens with zero attached hydrogens (tertiary/aromatic N) is 4. The molecule has 4 amide bonds.